The van der Waals surface area contributed by atoms with Crippen LogP contribution in [0.25, 0.3) is 0 Å². The average molecular weight is 347 g/mol. The largest absolute Gasteiger partial charge is 0.462 e. The Morgan fingerprint density at radius 1 is 1.24 bits per heavy atom. The van der Waals surface area contributed by atoms with Crippen LogP contribution in [0.2, 0.25) is 0 Å². The third-order valence-electron chi connectivity index (χ3n) is 6.45. The summed E-state index contributed by atoms with van der Waals surface area (Å²) in [5, 5.41) is 0. The Bertz CT molecular complexity index is 672. The molecule has 7 heteroatoms. The summed E-state index contributed by atoms with van der Waals surface area (Å²) < 4.78 is 10.2. The Labute approximate surface area is 145 Å². The van der Waals surface area contributed by atoms with Crippen LogP contribution in [-0.4, -0.2) is 47.4 Å². The summed E-state index contributed by atoms with van der Waals surface area (Å²) in [7, 11) is 0. The highest BCUT2D eigenvalue weighted by Gasteiger charge is 2.68. The van der Waals surface area contributed by atoms with E-state index in [1.165, 1.54) is 11.8 Å². The number of hydrogen-bond donors (Lipinski definition) is 0. The van der Waals surface area contributed by atoms with E-state index in [1.807, 2.05) is 0 Å². The number of nitrogens with zero attached hydrogens (tertiary/aromatic N) is 1. The van der Waals surface area contributed by atoms with Crippen LogP contribution < -0.4 is 0 Å². The topological polar surface area (TPSA) is 90.0 Å². The highest BCUT2D eigenvalue weighted by Crippen LogP contribution is 2.64. The monoisotopic (exact) mass is 347 g/mol. The molecule has 0 N–H and O–H groups in total. The standard InChI is InChI=1S/C18H21NO6/c1-3-15(22)24-7-14(21)19-17-12(18(19)23)6-11-10-4-9(16(11)17)5-13(10)25-8(2)20/h3,9-13,16-17H,1,4-7H2,2H3. The van der Waals surface area contributed by atoms with Crippen molar-refractivity contribution in [1.82, 2.24) is 4.90 Å². The second-order valence-electron chi connectivity index (χ2n) is 7.53. The van der Waals surface area contributed by atoms with Gasteiger partial charge in [0.2, 0.25) is 5.91 Å². The molecule has 0 spiro atoms. The second-order valence-corrected chi connectivity index (χ2v) is 7.53. The van der Waals surface area contributed by atoms with E-state index < -0.39 is 18.5 Å². The van der Waals surface area contributed by atoms with Gasteiger partial charge in [0.05, 0.1) is 12.0 Å². The van der Waals surface area contributed by atoms with Crippen molar-refractivity contribution in [3.05, 3.63) is 12.7 Å². The number of imide groups is 1. The molecule has 1 saturated heterocycles. The lowest BCUT2D eigenvalue weighted by Crippen LogP contribution is -2.64. The molecule has 1 aliphatic heterocycles. The van der Waals surface area contributed by atoms with Crippen LogP contribution in [0, 0.1) is 29.6 Å². The fourth-order valence-electron chi connectivity index (χ4n) is 5.78. The van der Waals surface area contributed by atoms with E-state index in [0.717, 1.165) is 25.3 Å². The lowest BCUT2D eigenvalue weighted by molar-refractivity contribution is -0.171. The molecule has 7 nitrogen and oxygen atoms in total. The Morgan fingerprint density at radius 2 is 2.00 bits per heavy atom. The lowest BCUT2D eigenvalue weighted by atomic mass is 9.77. The van der Waals surface area contributed by atoms with Crippen molar-refractivity contribution in [1.29, 1.82) is 0 Å². The molecule has 3 aliphatic carbocycles. The molecule has 0 radical (unpaired) electrons. The zero-order valence-electron chi connectivity index (χ0n) is 14.1. The van der Waals surface area contributed by atoms with E-state index in [4.69, 9.17) is 9.47 Å². The number of likely N-dealkylation sites (tertiary alicyclic amines) is 1. The molecule has 0 aromatic rings. The molecule has 3 saturated carbocycles. The van der Waals surface area contributed by atoms with Gasteiger partial charge in [0.25, 0.3) is 5.91 Å². The van der Waals surface area contributed by atoms with Crippen molar-refractivity contribution < 1.29 is 28.7 Å². The van der Waals surface area contributed by atoms with Crippen molar-refractivity contribution in [2.45, 2.75) is 38.3 Å². The van der Waals surface area contributed by atoms with Crippen molar-refractivity contribution in [2.75, 3.05) is 6.61 Å². The molecule has 4 fully saturated rings. The zero-order chi connectivity index (χ0) is 17.9. The number of esters is 2. The van der Waals surface area contributed by atoms with Gasteiger partial charge in [0, 0.05) is 13.0 Å². The molecule has 2 amide bonds. The van der Waals surface area contributed by atoms with Gasteiger partial charge in [0.1, 0.15) is 6.10 Å². The number of fused-ring (bicyclic) bond motifs is 7. The Balaban J connectivity index is 1.45. The number of carbonyl (C=O) groups excluding carboxylic acids is 4. The number of carbonyl (C=O) groups is 4. The van der Waals surface area contributed by atoms with Crippen LogP contribution in [0.5, 0.6) is 0 Å². The second kappa shape index (κ2) is 5.68. The highest BCUT2D eigenvalue weighted by atomic mass is 16.5. The summed E-state index contributed by atoms with van der Waals surface area (Å²) in [5.74, 6) is -0.368. The highest BCUT2D eigenvalue weighted by molar-refractivity contribution is 6.03. The fourth-order valence-corrected chi connectivity index (χ4v) is 5.78. The summed E-state index contributed by atoms with van der Waals surface area (Å²) in [6.07, 6.45) is 3.52. The van der Waals surface area contributed by atoms with E-state index in [1.54, 1.807) is 0 Å². The molecule has 4 aliphatic rings. The first-order chi connectivity index (χ1) is 11.9. The van der Waals surface area contributed by atoms with Crippen molar-refractivity contribution >= 4 is 23.8 Å². The quantitative estimate of drug-likeness (QED) is 0.422. The first kappa shape index (κ1) is 16.3. The summed E-state index contributed by atoms with van der Waals surface area (Å²) in [6, 6.07) is -0.0827. The molecule has 7 atom stereocenters. The van der Waals surface area contributed by atoms with Gasteiger partial charge in [0.15, 0.2) is 6.61 Å². The van der Waals surface area contributed by atoms with E-state index in [-0.39, 0.29) is 29.9 Å². The first-order valence-corrected chi connectivity index (χ1v) is 8.74. The molecule has 7 unspecified atom stereocenters. The van der Waals surface area contributed by atoms with Crippen LogP contribution in [0.4, 0.5) is 0 Å². The average Bonchev–Trinajstić information content (AvgIpc) is 3.21. The normalized spacial score (nSPS) is 40.1. The molecule has 0 aromatic heterocycles. The Morgan fingerprint density at radius 3 is 2.68 bits per heavy atom. The Hall–Kier alpha value is -2.18. The van der Waals surface area contributed by atoms with Crippen LogP contribution in [0.15, 0.2) is 12.7 Å². The predicted molar refractivity (Wildman–Crippen MR) is 83.7 cm³/mol. The molecule has 134 valence electrons. The maximum atomic E-state index is 12.4. The van der Waals surface area contributed by atoms with E-state index in [9.17, 15) is 19.2 Å². The van der Waals surface area contributed by atoms with Gasteiger partial charge >= 0.3 is 11.9 Å². The molecule has 1 heterocycles. The summed E-state index contributed by atoms with van der Waals surface area (Å²) >= 11 is 0. The predicted octanol–water partition coefficient (Wildman–Crippen LogP) is 0.677. The van der Waals surface area contributed by atoms with Crippen molar-refractivity contribution in [2.24, 2.45) is 29.6 Å². The number of ether oxygens (including phenoxy) is 2. The smallest absolute Gasteiger partial charge is 0.330 e. The van der Waals surface area contributed by atoms with E-state index in [0.29, 0.717) is 23.7 Å². The number of β-lactam (4-membered cyclic amide) rings is 1. The Kier molecular flexibility index (Phi) is 3.70. The summed E-state index contributed by atoms with van der Waals surface area (Å²) in [6.45, 7) is 4.28. The minimum atomic E-state index is -0.675. The van der Waals surface area contributed by atoms with Crippen LogP contribution in [-0.2, 0) is 28.7 Å². The van der Waals surface area contributed by atoms with E-state index >= 15 is 0 Å². The molecule has 25 heavy (non-hydrogen) atoms. The summed E-state index contributed by atoms with van der Waals surface area (Å²) in [4.78, 5) is 48.4. The van der Waals surface area contributed by atoms with Gasteiger partial charge in [-0.3, -0.25) is 19.3 Å². The van der Waals surface area contributed by atoms with Crippen LogP contribution >= 0.6 is 0 Å². The molecule has 4 rings (SSSR count). The number of amides is 2. The molecule has 2 bridgehead atoms. The van der Waals surface area contributed by atoms with Gasteiger partial charge in [-0.25, -0.2) is 4.79 Å². The number of rotatable bonds is 4. The van der Waals surface area contributed by atoms with Gasteiger partial charge in [-0.15, -0.1) is 0 Å². The zero-order valence-corrected chi connectivity index (χ0v) is 14.1. The molecular formula is C18H21NO6. The van der Waals surface area contributed by atoms with Gasteiger partial charge in [-0.2, -0.15) is 0 Å². The van der Waals surface area contributed by atoms with Crippen LogP contribution in [0.3, 0.4) is 0 Å². The van der Waals surface area contributed by atoms with E-state index in [2.05, 4.69) is 6.58 Å². The molecule has 0 aromatic carbocycles. The van der Waals surface area contributed by atoms with Crippen LogP contribution in [0.1, 0.15) is 26.2 Å². The minimum Gasteiger partial charge on any atom is -0.462 e. The van der Waals surface area contributed by atoms with Crippen molar-refractivity contribution in [3.63, 3.8) is 0 Å². The van der Waals surface area contributed by atoms with Crippen molar-refractivity contribution in [3.8, 4) is 0 Å². The maximum Gasteiger partial charge on any atom is 0.330 e. The minimum absolute atomic E-state index is 0.0472. The third-order valence-corrected chi connectivity index (χ3v) is 6.45. The van der Waals surface area contributed by atoms with Gasteiger partial charge in [-0.1, -0.05) is 6.58 Å². The fraction of sp³-hybridized carbons (Fsp3) is 0.667. The molecular weight excluding hydrogens is 326 g/mol. The van der Waals surface area contributed by atoms with Gasteiger partial charge in [-0.05, 0) is 42.9 Å². The number of hydrogen-bond acceptors (Lipinski definition) is 6. The first-order valence-electron chi connectivity index (χ1n) is 8.74. The SMILES string of the molecule is C=CC(=O)OCC(=O)N1C(=O)C2CC3C4CC(CC4OC(C)=O)C3C21. The summed E-state index contributed by atoms with van der Waals surface area (Å²) in [5.41, 5.74) is 0. The maximum absolute atomic E-state index is 12.4. The van der Waals surface area contributed by atoms with Gasteiger partial charge < -0.3 is 9.47 Å². The third kappa shape index (κ3) is 2.32. The lowest BCUT2D eigenvalue weighted by Gasteiger charge is -2.45.